The highest BCUT2D eigenvalue weighted by molar-refractivity contribution is 5.98. The van der Waals surface area contributed by atoms with Crippen molar-refractivity contribution in [2.24, 2.45) is 0 Å². The van der Waals surface area contributed by atoms with Gasteiger partial charge in [-0.3, -0.25) is 4.79 Å². The lowest BCUT2D eigenvalue weighted by atomic mass is 10.1. The van der Waals surface area contributed by atoms with Gasteiger partial charge >= 0.3 is 0 Å². The molecule has 6 heteroatoms. The SMILES string of the molecule is O=C(NC1CC1)c1ccc2c(c1)cc(COc1ccccc1)n2Cc1cc(F)ccc1F. The second kappa shape index (κ2) is 8.46. The normalized spacial score (nSPS) is 13.3. The minimum absolute atomic E-state index is 0.0968. The Labute approximate surface area is 184 Å². The number of fused-ring (bicyclic) bond motifs is 1. The highest BCUT2D eigenvalue weighted by Gasteiger charge is 2.24. The molecule has 5 rings (SSSR count). The predicted molar refractivity (Wildman–Crippen MR) is 119 cm³/mol. The summed E-state index contributed by atoms with van der Waals surface area (Å²) in [5, 5.41) is 3.84. The molecule has 0 saturated heterocycles. The molecule has 0 spiro atoms. The zero-order chi connectivity index (χ0) is 22.1. The third-order valence-electron chi connectivity index (χ3n) is 5.63. The highest BCUT2D eigenvalue weighted by atomic mass is 19.1. The van der Waals surface area contributed by atoms with Crippen molar-refractivity contribution in [3.05, 3.63) is 101 Å². The van der Waals surface area contributed by atoms with Crippen molar-refractivity contribution in [3.8, 4) is 5.75 Å². The molecular weight excluding hydrogens is 410 g/mol. The van der Waals surface area contributed by atoms with E-state index in [9.17, 15) is 13.6 Å². The summed E-state index contributed by atoms with van der Waals surface area (Å²) in [4.78, 5) is 12.5. The van der Waals surface area contributed by atoms with Crippen LogP contribution in [0.5, 0.6) is 5.75 Å². The summed E-state index contributed by atoms with van der Waals surface area (Å²) in [5.41, 5.74) is 2.45. The van der Waals surface area contributed by atoms with E-state index >= 15 is 0 Å². The van der Waals surface area contributed by atoms with E-state index < -0.39 is 11.6 Å². The quantitative estimate of drug-likeness (QED) is 0.423. The molecule has 1 saturated carbocycles. The Morgan fingerprint density at radius 3 is 2.59 bits per heavy atom. The first-order chi connectivity index (χ1) is 15.6. The first-order valence-electron chi connectivity index (χ1n) is 10.6. The average Bonchev–Trinajstić information content (AvgIpc) is 3.55. The maximum Gasteiger partial charge on any atom is 0.251 e. The molecule has 1 amide bonds. The van der Waals surface area contributed by atoms with Gasteiger partial charge in [-0.1, -0.05) is 18.2 Å². The molecular formula is C26H22F2N2O2. The Morgan fingerprint density at radius 1 is 1.00 bits per heavy atom. The van der Waals surface area contributed by atoms with Crippen molar-refractivity contribution in [3.63, 3.8) is 0 Å². The minimum Gasteiger partial charge on any atom is -0.487 e. The van der Waals surface area contributed by atoms with E-state index in [2.05, 4.69) is 5.32 Å². The number of ether oxygens (including phenoxy) is 1. The molecule has 1 N–H and O–H groups in total. The maximum absolute atomic E-state index is 14.4. The summed E-state index contributed by atoms with van der Waals surface area (Å²) in [6.45, 7) is 0.396. The Morgan fingerprint density at radius 2 is 1.81 bits per heavy atom. The summed E-state index contributed by atoms with van der Waals surface area (Å²) >= 11 is 0. The molecule has 4 nitrogen and oxygen atoms in total. The number of carbonyl (C=O) groups excluding carboxylic acids is 1. The average molecular weight is 432 g/mol. The van der Waals surface area contributed by atoms with Crippen LogP contribution in [0.3, 0.4) is 0 Å². The van der Waals surface area contributed by atoms with Crippen molar-refractivity contribution in [1.29, 1.82) is 0 Å². The zero-order valence-corrected chi connectivity index (χ0v) is 17.4. The molecule has 1 aliphatic rings. The van der Waals surface area contributed by atoms with Gasteiger partial charge in [0.1, 0.15) is 24.0 Å². The monoisotopic (exact) mass is 432 g/mol. The molecule has 32 heavy (non-hydrogen) atoms. The first-order valence-corrected chi connectivity index (χ1v) is 10.6. The number of carbonyl (C=O) groups is 1. The molecule has 0 aliphatic heterocycles. The van der Waals surface area contributed by atoms with Gasteiger partial charge < -0.3 is 14.6 Å². The predicted octanol–water partition coefficient (Wildman–Crippen LogP) is 5.44. The van der Waals surface area contributed by atoms with Gasteiger partial charge in [0.15, 0.2) is 0 Å². The van der Waals surface area contributed by atoms with Gasteiger partial charge in [0.2, 0.25) is 0 Å². The number of halogens is 2. The van der Waals surface area contributed by atoms with E-state index in [0.717, 1.165) is 41.6 Å². The van der Waals surface area contributed by atoms with Crippen molar-refractivity contribution < 1.29 is 18.3 Å². The van der Waals surface area contributed by atoms with Crippen molar-refractivity contribution in [1.82, 2.24) is 9.88 Å². The Balaban J connectivity index is 1.51. The van der Waals surface area contributed by atoms with Crippen LogP contribution in [0.4, 0.5) is 8.78 Å². The van der Waals surface area contributed by atoms with Crippen molar-refractivity contribution >= 4 is 16.8 Å². The van der Waals surface area contributed by atoms with Crippen LogP contribution in [0.15, 0.2) is 72.8 Å². The number of rotatable bonds is 7. The number of para-hydroxylation sites is 1. The number of nitrogens with one attached hydrogen (secondary N) is 1. The van der Waals surface area contributed by atoms with E-state index in [1.807, 2.05) is 53.1 Å². The molecule has 0 unspecified atom stereocenters. The van der Waals surface area contributed by atoms with E-state index in [0.29, 0.717) is 11.3 Å². The van der Waals surface area contributed by atoms with E-state index in [1.165, 1.54) is 6.07 Å². The lowest BCUT2D eigenvalue weighted by Gasteiger charge is -2.13. The fourth-order valence-electron chi connectivity index (χ4n) is 3.78. The summed E-state index contributed by atoms with van der Waals surface area (Å²) in [6.07, 6.45) is 2.04. The number of hydrogen-bond acceptors (Lipinski definition) is 2. The van der Waals surface area contributed by atoms with Crippen LogP contribution in [0.25, 0.3) is 10.9 Å². The highest BCUT2D eigenvalue weighted by Crippen LogP contribution is 2.26. The summed E-state index contributed by atoms with van der Waals surface area (Å²) < 4.78 is 36.0. The Hall–Kier alpha value is -3.67. The van der Waals surface area contributed by atoms with Gasteiger partial charge in [-0.05, 0) is 67.4 Å². The van der Waals surface area contributed by atoms with Gasteiger partial charge in [-0.15, -0.1) is 0 Å². The van der Waals surface area contributed by atoms with Gasteiger partial charge in [-0.2, -0.15) is 0 Å². The summed E-state index contributed by atoms with van der Waals surface area (Å²) in [5.74, 6) is -0.339. The van der Waals surface area contributed by atoms with Crippen LogP contribution in [0.2, 0.25) is 0 Å². The van der Waals surface area contributed by atoms with Crippen LogP contribution in [0.1, 0.15) is 34.5 Å². The zero-order valence-electron chi connectivity index (χ0n) is 17.4. The second-order valence-corrected chi connectivity index (χ2v) is 8.08. The van der Waals surface area contributed by atoms with Crippen LogP contribution < -0.4 is 10.1 Å². The fourth-order valence-corrected chi connectivity index (χ4v) is 3.78. The van der Waals surface area contributed by atoms with Gasteiger partial charge in [-0.25, -0.2) is 8.78 Å². The summed E-state index contributed by atoms with van der Waals surface area (Å²) in [7, 11) is 0. The minimum atomic E-state index is -0.487. The Bertz CT molecular complexity index is 1280. The molecule has 0 atom stereocenters. The van der Waals surface area contributed by atoms with Gasteiger partial charge in [0.05, 0.1) is 12.2 Å². The van der Waals surface area contributed by atoms with Crippen LogP contribution in [0, 0.1) is 11.6 Å². The number of nitrogens with zero attached hydrogens (tertiary/aromatic N) is 1. The second-order valence-electron chi connectivity index (χ2n) is 8.08. The molecule has 3 aromatic carbocycles. The van der Waals surface area contributed by atoms with E-state index in [1.54, 1.807) is 6.07 Å². The smallest absolute Gasteiger partial charge is 0.251 e. The lowest BCUT2D eigenvalue weighted by Crippen LogP contribution is -2.25. The molecule has 1 aliphatic carbocycles. The third kappa shape index (κ3) is 4.35. The standard InChI is InChI=1S/C26H22F2N2O2/c27-20-7-10-24(28)19(13-20)15-30-22(16-32-23-4-2-1-3-5-23)14-18-12-17(6-11-25(18)30)26(31)29-21-8-9-21/h1-7,10-14,21H,8-9,15-16H2,(H,29,31). The van der Waals surface area contributed by atoms with Crippen LogP contribution in [-0.4, -0.2) is 16.5 Å². The Kier molecular flexibility index (Phi) is 5.35. The van der Waals surface area contributed by atoms with Crippen molar-refractivity contribution in [2.75, 3.05) is 0 Å². The number of aromatic nitrogens is 1. The lowest BCUT2D eigenvalue weighted by molar-refractivity contribution is 0.0951. The largest absolute Gasteiger partial charge is 0.487 e. The number of benzene rings is 3. The molecule has 0 radical (unpaired) electrons. The summed E-state index contributed by atoms with van der Waals surface area (Å²) in [6, 6.07) is 20.5. The van der Waals surface area contributed by atoms with Crippen LogP contribution >= 0.6 is 0 Å². The van der Waals surface area contributed by atoms with Gasteiger partial charge in [0.25, 0.3) is 5.91 Å². The molecule has 4 aromatic rings. The van der Waals surface area contributed by atoms with E-state index in [4.69, 9.17) is 4.74 Å². The fraction of sp³-hybridized carbons (Fsp3) is 0.192. The maximum atomic E-state index is 14.4. The van der Waals surface area contributed by atoms with Gasteiger partial charge in [0, 0.05) is 28.1 Å². The topological polar surface area (TPSA) is 43.3 Å². The molecule has 162 valence electrons. The van der Waals surface area contributed by atoms with E-state index in [-0.39, 0.29) is 30.7 Å². The first kappa shape index (κ1) is 20.2. The third-order valence-corrected chi connectivity index (χ3v) is 5.63. The van der Waals surface area contributed by atoms with Crippen molar-refractivity contribution in [2.45, 2.75) is 32.0 Å². The molecule has 1 fully saturated rings. The molecule has 0 bridgehead atoms. The number of amides is 1. The molecule has 1 heterocycles. The molecule has 1 aromatic heterocycles. The number of hydrogen-bond donors (Lipinski definition) is 1. The van der Waals surface area contributed by atoms with Crippen LogP contribution in [-0.2, 0) is 13.2 Å².